The number of carbonyl (C=O) groups excluding carboxylic acids is 3. The maximum atomic E-state index is 12.6. The first-order chi connectivity index (χ1) is 13.4. The average molecular weight is 383 g/mol. The fourth-order valence-electron chi connectivity index (χ4n) is 3.62. The topological polar surface area (TPSA) is 100 Å². The van der Waals surface area contributed by atoms with E-state index in [1.807, 2.05) is 0 Å². The van der Waals surface area contributed by atoms with Crippen LogP contribution in [0.1, 0.15) is 68.1 Å². The van der Waals surface area contributed by atoms with Gasteiger partial charge in [0.05, 0.1) is 12.7 Å². The number of H-pyrrole nitrogens is 1. The third kappa shape index (κ3) is 4.08. The SMILES string of the molecule is COC(=O)c1c(C)[nH]c(C(=O)Nc2ccc(C(=O)NC3CCCC3)cc2)c1C. The number of aromatic nitrogens is 1. The predicted octanol–water partition coefficient (Wildman–Crippen LogP) is 3.34. The molecule has 1 aromatic heterocycles. The summed E-state index contributed by atoms with van der Waals surface area (Å²) in [5.74, 6) is -0.940. The van der Waals surface area contributed by atoms with Crippen molar-refractivity contribution in [2.24, 2.45) is 0 Å². The molecule has 148 valence electrons. The van der Waals surface area contributed by atoms with Crippen LogP contribution in [0.3, 0.4) is 0 Å². The smallest absolute Gasteiger partial charge is 0.339 e. The number of benzene rings is 1. The number of rotatable bonds is 5. The van der Waals surface area contributed by atoms with Gasteiger partial charge >= 0.3 is 5.97 Å². The number of carbonyl (C=O) groups is 3. The van der Waals surface area contributed by atoms with Crippen molar-refractivity contribution in [2.75, 3.05) is 12.4 Å². The first-order valence-corrected chi connectivity index (χ1v) is 9.40. The Kier molecular flexibility index (Phi) is 5.82. The normalized spacial score (nSPS) is 14.0. The molecule has 3 N–H and O–H groups in total. The predicted molar refractivity (Wildman–Crippen MR) is 106 cm³/mol. The monoisotopic (exact) mass is 383 g/mol. The highest BCUT2D eigenvalue weighted by atomic mass is 16.5. The first kappa shape index (κ1) is 19.7. The third-order valence-electron chi connectivity index (χ3n) is 5.15. The Labute approximate surface area is 163 Å². The van der Waals surface area contributed by atoms with E-state index in [0.717, 1.165) is 25.7 Å². The number of nitrogens with one attached hydrogen (secondary N) is 3. The zero-order valence-electron chi connectivity index (χ0n) is 16.3. The van der Waals surface area contributed by atoms with Crippen molar-refractivity contribution in [3.8, 4) is 0 Å². The minimum atomic E-state index is -0.483. The molecule has 28 heavy (non-hydrogen) atoms. The lowest BCUT2D eigenvalue weighted by Crippen LogP contribution is -2.32. The minimum absolute atomic E-state index is 0.0941. The molecule has 0 aliphatic heterocycles. The van der Waals surface area contributed by atoms with E-state index >= 15 is 0 Å². The van der Waals surface area contributed by atoms with E-state index in [2.05, 4.69) is 15.6 Å². The molecule has 0 unspecified atom stereocenters. The first-order valence-electron chi connectivity index (χ1n) is 9.40. The average Bonchev–Trinajstić information content (AvgIpc) is 3.29. The molecule has 1 aliphatic rings. The lowest BCUT2D eigenvalue weighted by atomic mass is 10.1. The summed E-state index contributed by atoms with van der Waals surface area (Å²) in [5, 5.41) is 5.82. The van der Waals surface area contributed by atoms with E-state index in [4.69, 9.17) is 4.74 Å². The second-order valence-corrected chi connectivity index (χ2v) is 7.10. The molecule has 1 saturated carbocycles. The lowest BCUT2D eigenvalue weighted by molar-refractivity contribution is 0.0599. The van der Waals surface area contributed by atoms with Gasteiger partial charge in [0, 0.05) is 23.0 Å². The highest BCUT2D eigenvalue weighted by Gasteiger charge is 2.23. The van der Waals surface area contributed by atoms with Crippen LogP contribution in [-0.2, 0) is 4.74 Å². The summed E-state index contributed by atoms with van der Waals surface area (Å²) in [5.41, 5.74) is 2.91. The van der Waals surface area contributed by atoms with Gasteiger partial charge in [-0.25, -0.2) is 4.79 Å². The molecule has 3 rings (SSSR count). The quantitative estimate of drug-likeness (QED) is 0.689. The van der Waals surface area contributed by atoms with Gasteiger partial charge in [0.25, 0.3) is 11.8 Å². The number of ether oxygens (including phenoxy) is 1. The van der Waals surface area contributed by atoms with Crippen LogP contribution in [0, 0.1) is 13.8 Å². The molecule has 1 aromatic carbocycles. The van der Waals surface area contributed by atoms with Gasteiger partial charge in [-0.3, -0.25) is 9.59 Å². The largest absolute Gasteiger partial charge is 0.465 e. The molecule has 0 atom stereocenters. The van der Waals surface area contributed by atoms with Crippen molar-refractivity contribution >= 4 is 23.5 Å². The zero-order valence-corrected chi connectivity index (χ0v) is 16.3. The highest BCUT2D eigenvalue weighted by Crippen LogP contribution is 2.21. The number of anilines is 1. The fraction of sp³-hybridized carbons (Fsp3) is 0.381. The van der Waals surface area contributed by atoms with Crippen LogP contribution in [0.25, 0.3) is 0 Å². The summed E-state index contributed by atoms with van der Waals surface area (Å²) in [6, 6.07) is 7.01. The summed E-state index contributed by atoms with van der Waals surface area (Å²) in [7, 11) is 1.30. The number of hydrogen-bond acceptors (Lipinski definition) is 4. The van der Waals surface area contributed by atoms with Crippen LogP contribution in [0.4, 0.5) is 5.69 Å². The van der Waals surface area contributed by atoms with Crippen molar-refractivity contribution in [1.82, 2.24) is 10.3 Å². The van der Waals surface area contributed by atoms with Crippen LogP contribution < -0.4 is 10.6 Å². The van der Waals surface area contributed by atoms with Crippen LogP contribution >= 0.6 is 0 Å². The lowest BCUT2D eigenvalue weighted by Gasteiger charge is -2.12. The summed E-state index contributed by atoms with van der Waals surface area (Å²) in [4.78, 5) is 39.7. The molecule has 2 aromatic rings. The van der Waals surface area contributed by atoms with Crippen molar-refractivity contribution < 1.29 is 19.1 Å². The number of amides is 2. The van der Waals surface area contributed by atoms with Gasteiger partial charge in [0.15, 0.2) is 0 Å². The fourth-order valence-corrected chi connectivity index (χ4v) is 3.62. The zero-order chi connectivity index (χ0) is 20.3. The number of esters is 1. The maximum absolute atomic E-state index is 12.6. The van der Waals surface area contributed by atoms with Gasteiger partial charge in [-0.15, -0.1) is 0 Å². The summed E-state index contributed by atoms with van der Waals surface area (Å²) < 4.78 is 4.76. The number of aryl methyl sites for hydroxylation is 1. The Morgan fingerprint density at radius 3 is 2.29 bits per heavy atom. The van der Waals surface area contributed by atoms with Gasteiger partial charge in [0.2, 0.25) is 0 Å². The van der Waals surface area contributed by atoms with Gasteiger partial charge in [-0.1, -0.05) is 12.8 Å². The third-order valence-corrected chi connectivity index (χ3v) is 5.15. The molecule has 7 nitrogen and oxygen atoms in total. The molecule has 1 heterocycles. The van der Waals surface area contributed by atoms with E-state index in [-0.39, 0.29) is 17.9 Å². The van der Waals surface area contributed by atoms with Gasteiger partial charge < -0.3 is 20.4 Å². The second kappa shape index (κ2) is 8.29. The van der Waals surface area contributed by atoms with E-state index in [9.17, 15) is 14.4 Å². The van der Waals surface area contributed by atoms with E-state index in [1.165, 1.54) is 7.11 Å². The van der Waals surface area contributed by atoms with E-state index in [1.54, 1.807) is 38.1 Å². The van der Waals surface area contributed by atoms with Crippen LogP contribution in [0.15, 0.2) is 24.3 Å². The van der Waals surface area contributed by atoms with Crippen LogP contribution in [0.2, 0.25) is 0 Å². The Hall–Kier alpha value is -3.09. The standard InChI is InChI=1S/C21H25N3O4/c1-12-17(21(27)28-3)13(2)22-18(12)20(26)24-16-10-8-14(9-11-16)19(25)23-15-6-4-5-7-15/h8-11,15,22H,4-7H2,1-3H3,(H,23,25)(H,24,26). The molecule has 1 aliphatic carbocycles. The van der Waals surface area contributed by atoms with E-state index in [0.29, 0.717) is 33.8 Å². The molecular formula is C21H25N3O4. The van der Waals surface area contributed by atoms with Crippen molar-refractivity contribution in [2.45, 2.75) is 45.6 Å². The van der Waals surface area contributed by atoms with E-state index < -0.39 is 5.97 Å². The Bertz CT molecular complexity index is 893. The van der Waals surface area contributed by atoms with Crippen LogP contribution in [-0.4, -0.2) is 35.9 Å². The number of methoxy groups -OCH3 is 1. The van der Waals surface area contributed by atoms with Gasteiger partial charge in [-0.05, 0) is 56.5 Å². The molecule has 7 heteroatoms. The number of hydrogen-bond donors (Lipinski definition) is 3. The molecule has 0 saturated heterocycles. The maximum Gasteiger partial charge on any atom is 0.339 e. The van der Waals surface area contributed by atoms with Crippen molar-refractivity contribution in [3.63, 3.8) is 0 Å². The molecule has 0 spiro atoms. The summed E-state index contributed by atoms with van der Waals surface area (Å²) in [6.07, 6.45) is 4.38. The molecule has 0 radical (unpaired) electrons. The van der Waals surface area contributed by atoms with Gasteiger partial charge in [-0.2, -0.15) is 0 Å². The summed E-state index contributed by atoms with van der Waals surface area (Å²) >= 11 is 0. The molecule has 2 amide bonds. The number of aromatic amines is 1. The Balaban J connectivity index is 1.68. The summed E-state index contributed by atoms with van der Waals surface area (Å²) in [6.45, 7) is 3.41. The van der Waals surface area contributed by atoms with Gasteiger partial charge in [0.1, 0.15) is 5.69 Å². The molecule has 1 fully saturated rings. The molecule has 0 bridgehead atoms. The second-order valence-electron chi connectivity index (χ2n) is 7.10. The Morgan fingerprint density at radius 2 is 1.68 bits per heavy atom. The Morgan fingerprint density at radius 1 is 1.04 bits per heavy atom. The van der Waals surface area contributed by atoms with Crippen LogP contribution in [0.5, 0.6) is 0 Å². The highest BCUT2D eigenvalue weighted by molar-refractivity contribution is 6.07. The minimum Gasteiger partial charge on any atom is -0.465 e. The van der Waals surface area contributed by atoms with Crippen molar-refractivity contribution in [1.29, 1.82) is 0 Å². The van der Waals surface area contributed by atoms with Crippen molar-refractivity contribution in [3.05, 3.63) is 52.3 Å². The molecular weight excluding hydrogens is 358 g/mol.